The Hall–Kier alpha value is -3.29. The van der Waals surface area contributed by atoms with Crippen molar-refractivity contribution in [2.75, 3.05) is 37.7 Å². The van der Waals surface area contributed by atoms with Crippen molar-refractivity contribution >= 4 is 17.7 Å². The quantitative estimate of drug-likeness (QED) is 0.317. The van der Waals surface area contributed by atoms with E-state index in [9.17, 15) is 36.2 Å². The molecule has 0 radical (unpaired) electrons. The minimum absolute atomic E-state index is 0.0281. The van der Waals surface area contributed by atoms with Crippen LogP contribution in [0.2, 0.25) is 0 Å². The largest absolute Gasteiger partial charge is 0.640 e. The Morgan fingerprint density at radius 2 is 1.74 bits per heavy atom. The molecular formula is C33H41F6N4O3-. The zero-order valence-corrected chi connectivity index (χ0v) is 26.8. The number of alkyl halides is 6. The number of allylic oxidation sites excluding steroid dienone is 1. The first-order chi connectivity index (χ1) is 21.3. The second kappa shape index (κ2) is 13.1. The predicted octanol–water partition coefficient (Wildman–Crippen LogP) is 6.81. The molecule has 1 amide bonds. The highest BCUT2D eigenvalue weighted by Crippen LogP contribution is 2.51. The zero-order valence-electron chi connectivity index (χ0n) is 26.8. The van der Waals surface area contributed by atoms with Crippen molar-refractivity contribution < 1.29 is 41.0 Å². The molecular weight excluding hydrogens is 614 g/mol. The first kappa shape index (κ1) is 35.6. The van der Waals surface area contributed by atoms with E-state index in [1.165, 1.54) is 18.2 Å². The van der Waals surface area contributed by atoms with Gasteiger partial charge in [0.2, 0.25) is 5.91 Å². The summed E-state index contributed by atoms with van der Waals surface area (Å²) < 4.78 is 87.3. The summed E-state index contributed by atoms with van der Waals surface area (Å²) in [7, 11) is 0. The monoisotopic (exact) mass is 655 g/mol. The number of carbonyl (C=O) groups excluding carboxylic acids is 1. The van der Waals surface area contributed by atoms with Gasteiger partial charge in [-0.1, -0.05) is 55.0 Å². The molecule has 4 rings (SSSR count). The highest BCUT2D eigenvalue weighted by Gasteiger charge is 2.71. The number of halogens is 6. The zero-order chi connectivity index (χ0) is 34.2. The number of anilines is 1. The van der Waals surface area contributed by atoms with E-state index in [4.69, 9.17) is 10.1 Å². The number of carbonyl (C=O) groups is 1. The number of hydrogen-bond donors (Lipinski definition) is 1. The maximum Gasteiger partial charge on any atom is 0.430 e. The molecule has 13 heteroatoms. The van der Waals surface area contributed by atoms with E-state index in [0.717, 1.165) is 17.4 Å². The Morgan fingerprint density at radius 1 is 1.07 bits per heavy atom. The Kier molecular flexibility index (Phi) is 10.1. The van der Waals surface area contributed by atoms with Crippen molar-refractivity contribution in [1.29, 1.82) is 0 Å². The molecule has 2 heterocycles. The Balaban J connectivity index is 1.48. The molecule has 0 aliphatic carbocycles. The normalized spacial score (nSPS) is 23.5. The predicted molar refractivity (Wildman–Crippen MR) is 164 cm³/mol. The van der Waals surface area contributed by atoms with Gasteiger partial charge in [0.05, 0.1) is 12.6 Å². The van der Waals surface area contributed by atoms with Crippen LogP contribution in [0.4, 0.5) is 32.0 Å². The molecule has 46 heavy (non-hydrogen) atoms. The number of hydrogen-bond acceptors (Lipinski definition) is 5. The van der Waals surface area contributed by atoms with Gasteiger partial charge in [-0.15, -0.1) is 0 Å². The average Bonchev–Trinajstić information content (AvgIpc) is 3.33. The second-order valence-corrected chi connectivity index (χ2v) is 12.6. The van der Waals surface area contributed by atoms with Gasteiger partial charge in [-0.3, -0.25) is 4.79 Å². The number of benzene rings is 2. The summed E-state index contributed by atoms with van der Waals surface area (Å²) in [5.74, 6) is 0.655. The molecule has 7 nitrogen and oxygen atoms in total. The molecule has 2 fully saturated rings. The second-order valence-electron chi connectivity index (χ2n) is 12.6. The molecule has 1 unspecified atom stereocenters. The summed E-state index contributed by atoms with van der Waals surface area (Å²) in [5.41, 5.74) is -5.39. The SMILES string of the molecule is CC=Cc1cc(C(O)(C(F)(F)F)C(F)(F)F)ccc1N1C[C@@H](C)N(C(=O)CN2C[N-][C@@](C)(c3cccc(OC(C)C)c3)C2)CC1C. The summed E-state index contributed by atoms with van der Waals surface area (Å²) in [6.07, 6.45) is -9.04. The Bertz CT molecular complexity index is 1410. The van der Waals surface area contributed by atoms with Gasteiger partial charge >= 0.3 is 12.4 Å². The van der Waals surface area contributed by atoms with E-state index in [1.807, 2.05) is 68.7 Å². The molecule has 0 bridgehead atoms. The molecule has 2 saturated heterocycles. The van der Waals surface area contributed by atoms with E-state index in [0.29, 0.717) is 38.1 Å². The van der Waals surface area contributed by atoms with Crippen LogP contribution in [-0.2, 0) is 15.9 Å². The summed E-state index contributed by atoms with van der Waals surface area (Å²) in [5, 5.41) is 14.8. The lowest BCUT2D eigenvalue weighted by Crippen LogP contribution is -2.59. The van der Waals surface area contributed by atoms with Gasteiger partial charge in [-0.05, 0) is 71.0 Å². The van der Waals surface area contributed by atoms with Crippen LogP contribution in [0.15, 0.2) is 48.5 Å². The molecule has 2 aromatic carbocycles. The number of ether oxygens (including phenoxy) is 1. The van der Waals surface area contributed by atoms with Crippen LogP contribution in [0.5, 0.6) is 5.75 Å². The van der Waals surface area contributed by atoms with Gasteiger partial charge in [-0.2, -0.15) is 26.3 Å². The molecule has 0 saturated carbocycles. The van der Waals surface area contributed by atoms with Gasteiger partial charge < -0.3 is 29.9 Å². The highest BCUT2D eigenvalue weighted by molar-refractivity contribution is 5.79. The summed E-state index contributed by atoms with van der Waals surface area (Å²) in [6, 6.07) is 9.72. The van der Waals surface area contributed by atoms with E-state index in [-0.39, 0.29) is 36.2 Å². The Morgan fingerprint density at radius 3 is 2.35 bits per heavy atom. The van der Waals surface area contributed by atoms with Crippen molar-refractivity contribution in [3.8, 4) is 5.75 Å². The van der Waals surface area contributed by atoms with Crippen molar-refractivity contribution in [3.63, 3.8) is 0 Å². The fraction of sp³-hybridized carbons (Fsp3) is 0.545. The summed E-state index contributed by atoms with van der Waals surface area (Å²) in [4.78, 5) is 19.1. The van der Waals surface area contributed by atoms with Crippen molar-refractivity contribution in [2.24, 2.45) is 0 Å². The third-order valence-corrected chi connectivity index (χ3v) is 8.57. The average molecular weight is 656 g/mol. The number of amides is 1. The standard InChI is InChI=1S/C33H41F6N4O3/c1-7-9-24-14-26(31(45,32(34,35)36)33(37,38)39)12-13-28(24)42-16-23(5)43(17-22(42)4)29(44)18-41-19-30(6,40-20-41)25-10-8-11-27(15-25)46-21(2)3/h7-15,21-23,45H,16-20H2,1-6H3/q-1/t22?,23-,30-/m1/s1. The van der Waals surface area contributed by atoms with Crippen LogP contribution in [-0.4, -0.2) is 84.2 Å². The van der Waals surface area contributed by atoms with Crippen LogP contribution < -0.4 is 9.64 Å². The van der Waals surface area contributed by atoms with Gasteiger partial charge in [0, 0.05) is 36.4 Å². The van der Waals surface area contributed by atoms with Gasteiger partial charge in [-0.25, -0.2) is 0 Å². The van der Waals surface area contributed by atoms with Crippen LogP contribution in [0.3, 0.4) is 0 Å². The third-order valence-electron chi connectivity index (χ3n) is 8.57. The highest BCUT2D eigenvalue weighted by atomic mass is 19.4. The van der Waals surface area contributed by atoms with Crippen molar-refractivity contribution in [2.45, 2.75) is 83.2 Å². The Labute approximate surface area is 265 Å². The third kappa shape index (κ3) is 7.01. The molecule has 1 N–H and O–H groups in total. The van der Waals surface area contributed by atoms with Crippen LogP contribution >= 0.6 is 0 Å². The topological polar surface area (TPSA) is 70.4 Å². The van der Waals surface area contributed by atoms with Crippen LogP contribution in [0.1, 0.15) is 58.2 Å². The molecule has 254 valence electrons. The fourth-order valence-corrected chi connectivity index (χ4v) is 6.19. The minimum Gasteiger partial charge on any atom is -0.640 e. The molecule has 0 aromatic heterocycles. The van der Waals surface area contributed by atoms with Crippen molar-refractivity contribution in [3.05, 3.63) is 70.5 Å². The number of aliphatic hydroxyl groups is 1. The molecule has 2 aliphatic rings. The maximum atomic E-state index is 13.6. The number of piperazine rings is 1. The molecule has 3 atom stereocenters. The van der Waals surface area contributed by atoms with Crippen molar-refractivity contribution in [1.82, 2.24) is 9.80 Å². The van der Waals surface area contributed by atoms with Gasteiger partial charge in [0.25, 0.3) is 5.60 Å². The smallest absolute Gasteiger partial charge is 0.430 e. The lowest BCUT2D eigenvalue weighted by Gasteiger charge is -2.46. The van der Waals surface area contributed by atoms with E-state index >= 15 is 0 Å². The fourth-order valence-electron chi connectivity index (χ4n) is 6.19. The molecule has 2 aromatic rings. The number of nitrogens with zero attached hydrogens (tertiary/aromatic N) is 4. The van der Waals surface area contributed by atoms with E-state index in [2.05, 4.69) is 0 Å². The van der Waals surface area contributed by atoms with E-state index in [1.54, 1.807) is 11.8 Å². The summed E-state index contributed by atoms with van der Waals surface area (Å²) in [6.45, 7) is 12.9. The summed E-state index contributed by atoms with van der Waals surface area (Å²) >= 11 is 0. The first-order valence-electron chi connectivity index (χ1n) is 15.2. The van der Waals surface area contributed by atoms with Crippen LogP contribution in [0.25, 0.3) is 11.4 Å². The first-order valence-corrected chi connectivity index (χ1v) is 15.2. The minimum atomic E-state index is -5.99. The number of rotatable bonds is 8. The van der Waals surface area contributed by atoms with Crippen LogP contribution in [0, 0.1) is 0 Å². The molecule has 0 spiro atoms. The van der Waals surface area contributed by atoms with Gasteiger partial charge in [0.1, 0.15) is 5.75 Å². The lowest BCUT2D eigenvalue weighted by atomic mass is 9.89. The van der Waals surface area contributed by atoms with Gasteiger partial charge in [0.15, 0.2) is 0 Å². The molecule has 2 aliphatic heterocycles. The lowest BCUT2D eigenvalue weighted by molar-refractivity contribution is -0.376. The maximum absolute atomic E-state index is 13.6. The van der Waals surface area contributed by atoms with E-state index < -0.39 is 29.1 Å².